The van der Waals surface area contributed by atoms with Crippen LogP contribution in [0.2, 0.25) is 0 Å². The lowest BCUT2D eigenvalue weighted by Gasteiger charge is -2.31. The maximum absolute atomic E-state index is 12.2. The van der Waals surface area contributed by atoms with Crippen molar-refractivity contribution in [2.24, 2.45) is 0 Å². The summed E-state index contributed by atoms with van der Waals surface area (Å²) in [5.74, 6) is 0.667. The number of benzene rings is 1. The number of rotatable bonds is 6. The molecule has 1 aliphatic carbocycles. The zero-order chi connectivity index (χ0) is 15.9. The van der Waals surface area contributed by atoms with Gasteiger partial charge in [0.1, 0.15) is 0 Å². The lowest BCUT2D eigenvalue weighted by Crippen LogP contribution is -2.44. The normalized spacial score (nSPS) is 23.0. The molecule has 0 heterocycles. The van der Waals surface area contributed by atoms with E-state index in [1.807, 2.05) is 31.2 Å². The highest BCUT2D eigenvalue weighted by Crippen LogP contribution is 2.24. The van der Waals surface area contributed by atoms with E-state index in [9.17, 15) is 9.00 Å². The molecule has 1 aromatic rings. The van der Waals surface area contributed by atoms with Crippen molar-refractivity contribution in [3.63, 3.8) is 0 Å². The van der Waals surface area contributed by atoms with Crippen LogP contribution >= 0.6 is 0 Å². The largest absolute Gasteiger partial charge is 0.326 e. The number of hydrogen-bond acceptors (Lipinski definition) is 3. The second-order valence-corrected chi connectivity index (χ2v) is 7.76. The fourth-order valence-electron chi connectivity index (χ4n) is 3.09. The summed E-state index contributed by atoms with van der Waals surface area (Å²) in [6, 6.07) is 8.14. The molecule has 1 aliphatic rings. The molecule has 3 atom stereocenters. The van der Waals surface area contributed by atoms with Gasteiger partial charge < -0.3 is 10.6 Å². The quantitative estimate of drug-likeness (QED) is 0.847. The van der Waals surface area contributed by atoms with Crippen molar-refractivity contribution in [2.45, 2.75) is 57.4 Å². The van der Waals surface area contributed by atoms with Crippen LogP contribution in [0.3, 0.4) is 0 Å². The number of amides is 1. The van der Waals surface area contributed by atoms with E-state index in [0.29, 0.717) is 12.6 Å². The van der Waals surface area contributed by atoms with Crippen LogP contribution in [0, 0.1) is 0 Å². The molecule has 0 unspecified atom stereocenters. The number of para-hydroxylation sites is 1. The summed E-state index contributed by atoms with van der Waals surface area (Å²) in [5.41, 5.74) is 1.93. The van der Waals surface area contributed by atoms with E-state index >= 15 is 0 Å². The zero-order valence-corrected chi connectivity index (χ0v) is 14.2. The second kappa shape index (κ2) is 8.44. The number of hydrogen-bond donors (Lipinski definition) is 2. The van der Waals surface area contributed by atoms with Crippen LogP contribution in [0.25, 0.3) is 0 Å². The molecule has 0 spiro atoms. The van der Waals surface area contributed by atoms with E-state index in [0.717, 1.165) is 29.8 Å². The number of anilines is 1. The van der Waals surface area contributed by atoms with Crippen LogP contribution in [0.15, 0.2) is 24.3 Å². The van der Waals surface area contributed by atoms with Crippen molar-refractivity contribution in [3.05, 3.63) is 29.8 Å². The Hall–Kier alpha value is -1.20. The third-order valence-corrected chi connectivity index (χ3v) is 6.02. The maximum atomic E-state index is 12.2. The van der Waals surface area contributed by atoms with Gasteiger partial charge in [0.2, 0.25) is 5.91 Å². The Labute approximate surface area is 135 Å². The van der Waals surface area contributed by atoms with Gasteiger partial charge in [-0.1, -0.05) is 38.0 Å². The first kappa shape index (κ1) is 17.2. The minimum Gasteiger partial charge on any atom is -0.326 e. The molecule has 0 aromatic heterocycles. The van der Waals surface area contributed by atoms with Crippen molar-refractivity contribution in [1.29, 1.82) is 0 Å². The molecule has 2 rings (SSSR count). The predicted molar refractivity (Wildman–Crippen MR) is 92.3 cm³/mol. The Morgan fingerprint density at radius 3 is 2.73 bits per heavy atom. The fourth-order valence-corrected chi connectivity index (χ4v) is 4.54. The molecule has 22 heavy (non-hydrogen) atoms. The van der Waals surface area contributed by atoms with Crippen molar-refractivity contribution in [3.8, 4) is 0 Å². The molecule has 0 saturated heterocycles. The van der Waals surface area contributed by atoms with Gasteiger partial charge in [-0.3, -0.25) is 9.00 Å². The zero-order valence-electron chi connectivity index (χ0n) is 13.4. The number of carbonyl (C=O) groups excluding carboxylic acids is 1. The van der Waals surface area contributed by atoms with Gasteiger partial charge in [0.15, 0.2) is 0 Å². The van der Waals surface area contributed by atoms with E-state index in [-0.39, 0.29) is 11.2 Å². The molecule has 0 radical (unpaired) electrons. The van der Waals surface area contributed by atoms with Gasteiger partial charge in [-0.2, -0.15) is 0 Å². The third kappa shape index (κ3) is 4.65. The van der Waals surface area contributed by atoms with E-state index in [2.05, 4.69) is 10.6 Å². The molecule has 1 fully saturated rings. The van der Waals surface area contributed by atoms with E-state index in [4.69, 9.17) is 0 Å². The first-order chi connectivity index (χ1) is 10.6. The van der Waals surface area contributed by atoms with E-state index in [1.54, 1.807) is 0 Å². The average molecular weight is 322 g/mol. The smallest absolute Gasteiger partial charge is 0.221 e. The van der Waals surface area contributed by atoms with Crippen LogP contribution in [0.5, 0.6) is 0 Å². The Kier molecular flexibility index (Phi) is 6.58. The van der Waals surface area contributed by atoms with Crippen LogP contribution < -0.4 is 10.6 Å². The van der Waals surface area contributed by atoms with Crippen molar-refractivity contribution < 1.29 is 9.00 Å². The summed E-state index contributed by atoms with van der Waals surface area (Å²) >= 11 is 0. The molecule has 0 aliphatic heterocycles. The first-order valence-electron chi connectivity index (χ1n) is 8.08. The minimum absolute atomic E-state index is 0.0601. The summed E-state index contributed by atoms with van der Waals surface area (Å²) in [6.45, 7) is 4.21. The fraction of sp³-hybridized carbons (Fsp3) is 0.588. The molecular weight excluding hydrogens is 296 g/mol. The van der Waals surface area contributed by atoms with Crippen LogP contribution in [0.1, 0.15) is 45.1 Å². The Balaban J connectivity index is 2.02. The lowest BCUT2D eigenvalue weighted by atomic mass is 9.94. The van der Waals surface area contributed by atoms with Crippen LogP contribution in [0.4, 0.5) is 5.69 Å². The predicted octanol–water partition coefficient (Wildman–Crippen LogP) is 2.81. The summed E-state index contributed by atoms with van der Waals surface area (Å²) < 4.78 is 12.2. The minimum atomic E-state index is -0.748. The highest BCUT2D eigenvalue weighted by atomic mass is 32.2. The molecule has 1 aromatic carbocycles. The van der Waals surface area contributed by atoms with E-state index < -0.39 is 10.8 Å². The van der Waals surface area contributed by atoms with Crippen LogP contribution in [-0.4, -0.2) is 27.2 Å². The van der Waals surface area contributed by atoms with Gasteiger partial charge in [0.25, 0.3) is 0 Å². The topological polar surface area (TPSA) is 58.2 Å². The Morgan fingerprint density at radius 2 is 2.00 bits per heavy atom. The highest BCUT2D eigenvalue weighted by Gasteiger charge is 2.28. The average Bonchev–Trinajstić information content (AvgIpc) is 2.53. The van der Waals surface area contributed by atoms with E-state index in [1.165, 1.54) is 19.8 Å². The molecule has 5 heteroatoms. The van der Waals surface area contributed by atoms with Gasteiger partial charge in [0, 0.05) is 41.8 Å². The maximum Gasteiger partial charge on any atom is 0.221 e. The van der Waals surface area contributed by atoms with Crippen molar-refractivity contribution >= 4 is 22.4 Å². The van der Waals surface area contributed by atoms with Gasteiger partial charge in [0.05, 0.1) is 5.25 Å². The van der Waals surface area contributed by atoms with Crippen molar-refractivity contribution in [1.82, 2.24) is 5.32 Å². The SMILES string of the molecule is CC[S@](=O)[C@H]1CCCC[C@H]1NCc1ccccc1NC(C)=O. The molecule has 2 N–H and O–H groups in total. The molecule has 1 amide bonds. The third-order valence-electron chi connectivity index (χ3n) is 4.21. The lowest BCUT2D eigenvalue weighted by molar-refractivity contribution is -0.114. The number of carbonyl (C=O) groups is 1. The number of nitrogens with one attached hydrogen (secondary N) is 2. The molecule has 122 valence electrons. The molecule has 1 saturated carbocycles. The highest BCUT2D eigenvalue weighted by molar-refractivity contribution is 7.85. The molecule has 4 nitrogen and oxygen atoms in total. The summed E-state index contributed by atoms with van der Waals surface area (Å²) in [6.07, 6.45) is 4.50. The summed E-state index contributed by atoms with van der Waals surface area (Å²) in [4.78, 5) is 11.3. The monoisotopic (exact) mass is 322 g/mol. The van der Waals surface area contributed by atoms with Gasteiger partial charge in [-0.25, -0.2) is 0 Å². The van der Waals surface area contributed by atoms with Gasteiger partial charge >= 0.3 is 0 Å². The van der Waals surface area contributed by atoms with Gasteiger partial charge in [-0.05, 0) is 24.5 Å². The molecule has 0 bridgehead atoms. The standard InChI is InChI=1S/C17H26N2O2S/c1-3-22(21)17-11-7-6-10-16(17)18-12-14-8-4-5-9-15(14)19-13(2)20/h4-5,8-9,16-18H,3,6-7,10-12H2,1-2H3,(H,19,20)/t16-,17+,22+/m1/s1. The Morgan fingerprint density at radius 1 is 1.27 bits per heavy atom. The van der Waals surface area contributed by atoms with Gasteiger partial charge in [-0.15, -0.1) is 0 Å². The Bertz CT molecular complexity index is 533. The first-order valence-corrected chi connectivity index (χ1v) is 9.46. The van der Waals surface area contributed by atoms with Crippen molar-refractivity contribution in [2.75, 3.05) is 11.1 Å². The van der Waals surface area contributed by atoms with Crippen LogP contribution in [-0.2, 0) is 22.1 Å². The summed E-state index contributed by atoms with van der Waals surface area (Å²) in [5, 5.41) is 6.70. The second-order valence-electron chi connectivity index (χ2n) is 5.82. The molecular formula is C17H26N2O2S. The summed E-state index contributed by atoms with van der Waals surface area (Å²) in [7, 11) is -0.748.